The molecular formula is C22H20N6O3S. The van der Waals surface area contributed by atoms with Crippen LogP contribution in [0, 0.1) is 0 Å². The quantitative estimate of drug-likeness (QED) is 0.322. The molecule has 0 unspecified atom stereocenters. The average molecular weight is 449 g/mol. The molecule has 4 rings (SSSR count). The van der Waals surface area contributed by atoms with Crippen molar-refractivity contribution in [1.29, 1.82) is 0 Å². The monoisotopic (exact) mass is 448 g/mol. The molecule has 0 saturated carbocycles. The Balaban J connectivity index is 1.67. The summed E-state index contributed by atoms with van der Waals surface area (Å²) in [7, 11) is 3.09. The highest BCUT2D eigenvalue weighted by atomic mass is 32.2. The van der Waals surface area contributed by atoms with Crippen molar-refractivity contribution in [1.82, 2.24) is 25.0 Å². The lowest BCUT2D eigenvalue weighted by atomic mass is 10.2. The van der Waals surface area contributed by atoms with Gasteiger partial charge >= 0.3 is 0 Å². The van der Waals surface area contributed by atoms with Crippen molar-refractivity contribution in [3.8, 4) is 17.2 Å². The van der Waals surface area contributed by atoms with Gasteiger partial charge in [0.25, 0.3) is 5.91 Å². The van der Waals surface area contributed by atoms with Crippen LogP contribution in [0.2, 0.25) is 0 Å². The lowest BCUT2D eigenvalue weighted by molar-refractivity contribution is 0.102. The Labute approximate surface area is 188 Å². The van der Waals surface area contributed by atoms with Gasteiger partial charge in [-0.2, -0.15) is 0 Å². The summed E-state index contributed by atoms with van der Waals surface area (Å²) in [6, 6.07) is 16.4. The number of thioether (sulfide) groups is 1. The minimum Gasteiger partial charge on any atom is -0.497 e. The third-order valence-corrected chi connectivity index (χ3v) is 5.40. The highest BCUT2D eigenvalue weighted by Gasteiger charge is 2.22. The smallest absolute Gasteiger partial charge is 0.278 e. The minimum absolute atomic E-state index is 0.196. The number of carbonyl (C=O) groups is 1. The first-order valence-electron chi connectivity index (χ1n) is 9.63. The van der Waals surface area contributed by atoms with E-state index in [4.69, 9.17) is 9.47 Å². The molecule has 162 valence electrons. The van der Waals surface area contributed by atoms with Crippen LogP contribution in [0.3, 0.4) is 0 Å². The molecule has 32 heavy (non-hydrogen) atoms. The molecule has 10 heteroatoms. The second-order valence-corrected chi connectivity index (χ2v) is 7.41. The Hall–Kier alpha value is -3.92. The van der Waals surface area contributed by atoms with E-state index in [9.17, 15) is 4.79 Å². The van der Waals surface area contributed by atoms with Crippen LogP contribution in [-0.2, 0) is 5.75 Å². The first-order valence-corrected chi connectivity index (χ1v) is 10.6. The predicted molar refractivity (Wildman–Crippen MR) is 120 cm³/mol. The number of methoxy groups -OCH3 is 2. The maximum Gasteiger partial charge on any atom is 0.278 e. The molecule has 0 atom stereocenters. The van der Waals surface area contributed by atoms with Crippen molar-refractivity contribution >= 4 is 23.4 Å². The number of para-hydroxylation sites is 1. The number of anilines is 1. The third-order valence-electron chi connectivity index (χ3n) is 4.51. The second kappa shape index (κ2) is 9.92. The van der Waals surface area contributed by atoms with Gasteiger partial charge in [-0.25, -0.2) is 14.6 Å². The molecule has 2 heterocycles. The fourth-order valence-electron chi connectivity index (χ4n) is 2.97. The number of rotatable bonds is 8. The van der Waals surface area contributed by atoms with Crippen molar-refractivity contribution in [3.05, 3.63) is 78.4 Å². The summed E-state index contributed by atoms with van der Waals surface area (Å²) in [6.07, 6.45) is 3.34. The van der Waals surface area contributed by atoms with Gasteiger partial charge in [-0.3, -0.25) is 4.79 Å². The summed E-state index contributed by atoms with van der Waals surface area (Å²) in [6.45, 7) is 0. The summed E-state index contributed by atoms with van der Waals surface area (Å²) in [5, 5.41) is 11.9. The number of hydrogen-bond donors (Lipinski definition) is 1. The molecule has 0 radical (unpaired) electrons. The van der Waals surface area contributed by atoms with E-state index in [1.807, 2.05) is 30.3 Å². The molecule has 2 aromatic heterocycles. The number of benzene rings is 2. The van der Waals surface area contributed by atoms with Crippen LogP contribution in [0.1, 0.15) is 16.2 Å². The summed E-state index contributed by atoms with van der Waals surface area (Å²) in [5.74, 6) is 1.07. The molecular weight excluding hydrogens is 428 g/mol. The Kier molecular flexibility index (Phi) is 6.61. The molecule has 0 fully saturated rings. The minimum atomic E-state index is -0.414. The lowest BCUT2D eigenvalue weighted by Gasteiger charge is -2.12. The number of nitrogens with zero attached hydrogens (tertiary/aromatic N) is 5. The van der Waals surface area contributed by atoms with Gasteiger partial charge in [0.05, 0.1) is 31.3 Å². The van der Waals surface area contributed by atoms with Gasteiger partial charge in [-0.05, 0) is 30.3 Å². The first kappa shape index (κ1) is 21.3. The number of carbonyl (C=O) groups excluding carboxylic acids is 1. The molecule has 2 aromatic carbocycles. The Morgan fingerprint density at radius 1 is 1.03 bits per heavy atom. The average Bonchev–Trinajstić information content (AvgIpc) is 3.28. The number of amides is 1. The molecule has 0 bridgehead atoms. The Bertz CT molecular complexity index is 1200. The highest BCUT2D eigenvalue weighted by molar-refractivity contribution is 7.98. The summed E-state index contributed by atoms with van der Waals surface area (Å²) in [5.41, 5.74) is 2.08. The summed E-state index contributed by atoms with van der Waals surface area (Å²) < 4.78 is 12.3. The van der Waals surface area contributed by atoms with Gasteiger partial charge in [0.15, 0.2) is 10.9 Å². The predicted octanol–water partition coefficient (Wildman–Crippen LogP) is 3.62. The van der Waals surface area contributed by atoms with Crippen molar-refractivity contribution in [3.63, 3.8) is 0 Å². The standard InChI is InChI=1S/C22H20N6O3S/c1-30-16-9-10-19(31-2)17(13-16)25-21(29)20-18(14-32-22-23-11-6-12-24-22)28(27-26-20)15-7-4-3-5-8-15/h3-13H,14H2,1-2H3,(H,25,29). The van der Waals surface area contributed by atoms with Crippen LogP contribution in [0.4, 0.5) is 5.69 Å². The zero-order valence-electron chi connectivity index (χ0n) is 17.4. The zero-order valence-corrected chi connectivity index (χ0v) is 18.2. The Morgan fingerprint density at radius 2 is 1.81 bits per heavy atom. The molecule has 0 spiro atoms. The SMILES string of the molecule is COc1ccc(OC)c(NC(=O)c2nnn(-c3ccccc3)c2CSc2ncccn2)c1. The van der Waals surface area contributed by atoms with Gasteiger partial charge in [0, 0.05) is 24.2 Å². The highest BCUT2D eigenvalue weighted by Crippen LogP contribution is 2.30. The van der Waals surface area contributed by atoms with Gasteiger partial charge in [-0.1, -0.05) is 35.2 Å². The van der Waals surface area contributed by atoms with Gasteiger partial charge in [0.1, 0.15) is 11.5 Å². The molecule has 1 amide bonds. The topological polar surface area (TPSA) is 104 Å². The van der Waals surface area contributed by atoms with Crippen LogP contribution < -0.4 is 14.8 Å². The number of aromatic nitrogens is 5. The first-order chi connectivity index (χ1) is 15.7. The van der Waals surface area contributed by atoms with E-state index in [2.05, 4.69) is 25.6 Å². The molecule has 1 N–H and O–H groups in total. The van der Waals surface area contributed by atoms with Crippen LogP contribution in [0.15, 0.2) is 72.1 Å². The maximum atomic E-state index is 13.2. The number of ether oxygens (including phenoxy) is 2. The maximum absolute atomic E-state index is 13.2. The zero-order chi connectivity index (χ0) is 22.3. The molecule has 4 aromatic rings. The van der Waals surface area contributed by atoms with Gasteiger partial charge in [0.2, 0.25) is 0 Å². The summed E-state index contributed by atoms with van der Waals surface area (Å²) in [4.78, 5) is 21.7. The fraction of sp³-hybridized carbons (Fsp3) is 0.136. The van der Waals surface area contributed by atoms with Crippen molar-refractivity contribution < 1.29 is 14.3 Å². The van der Waals surface area contributed by atoms with Crippen LogP contribution in [0.5, 0.6) is 11.5 Å². The molecule has 0 aliphatic heterocycles. The molecule has 9 nitrogen and oxygen atoms in total. The van der Waals surface area contributed by atoms with Crippen LogP contribution >= 0.6 is 11.8 Å². The molecule has 0 aliphatic rings. The van der Waals surface area contributed by atoms with E-state index >= 15 is 0 Å². The van der Waals surface area contributed by atoms with Gasteiger partial charge in [-0.15, -0.1) is 5.10 Å². The van der Waals surface area contributed by atoms with E-state index in [1.165, 1.54) is 18.9 Å². The van der Waals surface area contributed by atoms with E-state index in [1.54, 1.807) is 48.5 Å². The largest absolute Gasteiger partial charge is 0.497 e. The summed E-state index contributed by atoms with van der Waals surface area (Å²) >= 11 is 1.39. The van der Waals surface area contributed by atoms with Crippen molar-refractivity contribution in [2.45, 2.75) is 10.9 Å². The Morgan fingerprint density at radius 3 is 2.53 bits per heavy atom. The van der Waals surface area contributed by atoms with E-state index in [0.717, 1.165) is 5.69 Å². The third kappa shape index (κ3) is 4.70. The van der Waals surface area contributed by atoms with E-state index in [0.29, 0.717) is 33.8 Å². The van der Waals surface area contributed by atoms with Gasteiger partial charge < -0.3 is 14.8 Å². The fourth-order valence-corrected chi connectivity index (χ4v) is 3.77. The van der Waals surface area contributed by atoms with Crippen molar-refractivity contribution in [2.24, 2.45) is 0 Å². The lowest BCUT2D eigenvalue weighted by Crippen LogP contribution is -2.16. The second-order valence-electron chi connectivity index (χ2n) is 6.47. The molecule has 0 aliphatic carbocycles. The normalized spacial score (nSPS) is 10.6. The van der Waals surface area contributed by atoms with E-state index in [-0.39, 0.29) is 5.69 Å². The number of hydrogen-bond acceptors (Lipinski definition) is 8. The van der Waals surface area contributed by atoms with Crippen molar-refractivity contribution in [2.75, 3.05) is 19.5 Å². The molecule has 0 saturated heterocycles. The van der Waals surface area contributed by atoms with Crippen LogP contribution in [0.25, 0.3) is 5.69 Å². The van der Waals surface area contributed by atoms with E-state index < -0.39 is 5.91 Å². The number of nitrogens with one attached hydrogen (secondary N) is 1. The van der Waals surface area contributed by atoms with Crippen LogP contribution in [-0.4, -0.2) is 45.1 Å².